The average molecular weight is 410 g/mol. The minimum Gasteiger partial charge on any atom is -0.325 e. The summed E-state index contributed by atoms with van der Waals surface area (Å²) in [7, 11) is 0. The van der Waals surface area contributed by atoms with Crippen molar-refractivity contribution in [3.63, 3.8) is 0 Å². The third-order valence-electron chi connectivity index (χ3n) is 0.697. The maximum atomic E-state index is 7.56. The molecule has 0 aromatic carbocycles. The van der Waals surface area contributed by atoms with E-state index < -0.39 is 13.4 Å². The Labute approximate surface area is 121 Å². The summed E-state index contributed by atoms with van der Waals surface area (Å²) < 4.78 is 0. The zero-order valence-electron chi connectivity index (χ0n) is 9.63. The molecule has 6 N–H and O–H groups in total. The molecule has 0 saturated carbocycles. The van der Waals surface area contributed by atoms with Gasteiger partial charge >= 0.3 is 68.3 Å². The Hall–Kier alpha value is 1.75. The molecule has 0 rings (SSSR count). The van der Waals surface area contributed by atoms with E-state index in [1.165, 1.54) is 12.8 Å². The second-order valence-electron chi connectivity index (χ2n) is 2.64. The molecule has 0 radical (unpaired) electrons. The van der Waals surface area contributed by atoms with Crippen LogP contribution < -0.4 is 0 Å². The fraction of sp³-hybridized carbons (Fsp3) is 1.00. The molecular weight excluding hydrogens is 390 g/mol. The van der Waals surface area contributed by atoms with Gasteiger partial charge in [-0.15, -0.1) is 0 Å². The van der Waals surface area contributed by atoms with E-state index in [1.807, 2.05) is 0 Å². The molecule has 108 valence electrons. The predicted octanol–water partition coefficient (Wildman–Crippen LogP) is 1.10. The minimum absolute atomic E-state index is 0.477. The Morgan fingerprint density at radius 1 is 0.765 bits per heavy atom. The number of rotatable bonds is 4. The van der Waals surface area contributed by atoms with Crippen LogP contribution in [0.2, 0.25) is 9.62 Å². The summed E-state index contributed by atoms with van der Waals surface area (Å²) in [5.41, 5.74) is 0. The van der Waals surface area contributed by atoms with Crippen LogP contribution in [0.1, 0.15) is 26.7 Å². The van der Waals surface area contributed by atoms with Crippen molar-refractivity contribution >= 4 is 37.1 Å². The van der Waals surface area contributed by atoms with Crippen molar-refractivity contribution in [1.82, 2.24) is 0 Å². The van der Waals surface area contributed by atoms with Crippen molar-refractivity contribution in [2.75, 3.05) is 0 Å². The fourth-order valence-electron chi connectivity index (χ4n) is 0.391. The summed E-state index contributed by atoms with van der Waals surface area (Å²) in [6.07, 6.45) is 2.84. The summed E-state index contributed by atoms with van der Waals surface area (Å²) in [6.45, 7) is -3.05. The molecular formula is C6H20MoO6P2S2. The third-order valence-corrected chi connectivity index (χ3v) is 4.12. The van der Waals surface area contributed by atoms with E-state index in [4.69, 9.17) is 29.4 Å². The van der Waals surface area contributed by atoms with E-state index in [1.54, 1.807) is 9.62 Å². The van der Waals surface area contributed by atoms with E-state index in [2.05, 4.69) is 37.5 Å². The Bertz CT molecular complexity index is 202. The first kappa shape index (κ1) is 23.8. The van der Waals surface area contributed by atoms with Crippen LogP contribution in [0.15, 0.2) is 0 Å². The van der Waals surface area contributed by atoms with Gasteiger partial charge in [0.1, 0.15) is 0 Å². The Kier molecular flexibility index (Phi) is 19.8. The van der Waals surface area contributed by atoms with Crippen LogP contribution in [0.3, 0.4) is 0 Å². The molecule has 0 atom stereocenters. The monoisotopic (exact) mass is 412 g/mol. The molecule has 0 saturated heterocycles. The van der Waals surface area contributed by atoms with Gasteiger partial charge in [0.2, 0.25) is 0 Å². The maximum Gasteiger partial charge on any atom is 0.319 e. The van der Waals surface area contributed by atoms with Crippen LogP contribution in [0.5, 0.6) is 0 Å². The topological polar surface area (TPSA) is 121 Å². The van der Waals surface area contributed by atoms with Crippen molar-refractivity contribution < 1.29 is 47.9 Å². The molecule has 11 heteroatoms. The molecule has 0 fully saturated rings. The Balaban J connectivity index is -0.000000177. The van der Waals surface area contributed by atoms with Gasteiger partial charge in [0.25, 0.3) is 0 Å². The molecule has 0 bridgehead atoms. The largest absolute Gasteiger partial charge is 0.325 e. The minimum atomic E-state index is -3.81. The molecule has 17 heavy (non-hydrogen) atoms. The molecule has 0 aliphatic rings. The van der Waals surface area contributed by atoms with E-state index in [0.717, 1.165) is 0 Å². The fourth-order valence-corrected chi connectivity index (χ4v) is 2.31. The molecule has 0 aromatic heterocycles. The molecule has 0 unspecified atom stereocenters. The van der Waals surface area contributed by atoms with Crippen LogP contribution in [-0.4, -0.2) is 29.4 Å². The van der Waals surface area contributed by atoms with Crippen LogP contribution in [0.4, 0.5) is 0 Å². The van der Waals surface area contributed by atoms with Gasteiger partial charge in [-0.25, -0.2) is 0 Å². The van der Waals surface area contributed by atoms with Gasteiger partial charge in [-0.05, 0) is 23.6 Å². The zero-order valence-corrected chi connectivity index (χ0v) is 15.1. The first-order valence-electron chi connectivity index (χ1n) is 4.56. The van der Waals surface area contributed by atoms with Gasteiger partial charge < -0.3 is 29.4 Å². The maximum absolute atomic E-state index is 7.56. The first-order chi connectivity index (χ1) is 7.41. The van der Waals surface area contributed by atoms with Gasteiger partial charge in [-0.3, -0.25) is 0 Å². The predicted molar refractivity (Wildman–Crippen MR) is 72.1 cm³/mol. The molecule has 0 aliphatic carbocycles. The van der Waals surface area contributed by atoms with Gasteiger partial charge in [-0.2, -0.15) is 0 Å². The molecule has 0 amide bonds. The van der Waals surface area contributed by atoms with Gasteiger partial charge in [0.05, 0.1) is 0 Å². The summed E-state index contributed by atoms with van der Waals surface area (Å²) in [5, 5.41) is 0. The van der Waals surface area contributed by atoms with E-state index in [9.17, 15) is 0 Å². The van der Waals surface area contributed by atoms with Crippen molar-refractivity contribution in [3.05, 3.63) is 0 Å². The van der Waals surface area contributed by atoms with Crippen LogP contribution >= 0.6 is 13.4 Å². The van der Waals surface area contributed by atoms with Gasteiger partial charge in [-0.1, -0.05) is 0 Å². The average Bonchev–Trinajstić information content (AvgIpc) is 1.99. The van der Waals surface area contributed by atoms with Gasteiger partial charge in [0.15, 0.2) is 0 Å². The normalized spacial score (nSPS) is 10.8. The van der Waals surface area contributed by atoms with Crippen LogP contribution in [-0.2, 0) is 42.2 Å². The number of hydrogen-bond acceptors (Lipinski definition) is 2. The first-order valence-corrected chi connectivity index (χ1v) is 12.7. The molecule has 0 aromatic rings. The standard InChI is InChI=1S/2C3H7.Mo.2H3O3PS/c2*1-3-2;;2*1-4(2,3)5/h2*1,3H2,2H3;;2*(H3,1,2,3,5). The molecule has 0 heterocycles. The van der Waals surface area contributed by atoms with E-state index >= 15 is 0 Å². The van der Waals surface area contributed by atoms with Crippen molar-refractivity contribution in [2.45, 2.75) is 36.3 Å². The Morgan fingerprint density at radius 2 is 0.941 bits per heavy atom. The third kappa shape index (κ3) is 133. The van der Waals surface area contributed by atoms with Crippen molar-refractivity contribution in [2.24, 2.45) is 0 Å². The zero-order chi connectivity index (χ0) is 14.5. The van der Waals surface area contributed by atoms with E-state index in [-0.39, 0.29) is 0 Å². The smallest absolute Gasteiger partial charge is 0.319 e. The quantitative estimate of drug-likeness (QED) is 0.232. The second kappa shape index (κ2) is 14.2. The Morgan fingerprint density at radius 3 is 1.06 bits per heavy atom. The number of hydrogen-bond donors (Lipinski definition) is 6. The SMILES string of the molecule is CC[CH2][Mo][CH2]CC.OP(O)(O)=S.OP(O)(O)=S. The van der Waals surface area contributed by atoms with Crippen LogP contribution in [0, 0.1) is 0 Å². The summed E-state index contributed by atoms with van der Waals surface area (Å²) >= 11 is 7.69. The van der Waals surface area contributed by atoms with Crippen molar-refractivity contribution in [3.8, 4) is 0 Å². The second-order valence-corrected chi connectivity index (χ2v) is 10.6. The summed E-state index contributed by atoms with van der Waals surface area (Å²) in [5.74, 6) is 0. The van der Waals surface area contributed by atoms with E-state index in [0.29, 0.717) is 18.6 Å². The summed E-state index contributed by atoms with van der Waals surface area (Å²) in [6, 6.07) is 0. The van der Waals surface area contributed by atoms with Crippen molar-refractivity contribution in [1.29, 1.82) is 0 Å². The van der Waals surface area contributed by atoms with Crippen LogP contribution in [0.25, 0.3) is 0 Å². The molecule has 6 nitrogen and oxygen atoms in total. The molecule has 0 aliphatic heterocycles. The summed E-state index contributed by atoms with van der Waals surface area (Å²) in [4.78, 5) is 48.5. The van der Waals surface area contributed by atoms with Gasteiger partial charge in [0, 0.05) is 0 Å². The molecule has 0 spiro atoms.